The molecular formula is C22H19N5O4. The highest BCUT2D eigenvalue weighted by molar-refractivity contribution is 5.82. The van der Waals surface area contributed by atoms with Gasteiger partial charge < -0.3 is 14.5 Å². The lowest BCUT2D eigenvalue weighted by Crippen LogP contribution is -1.99. The summed E-state index contributed by atoms with van der Waals surface area (Å²) in [6, 6.07) is 19.4. The molecule has 156 valence electrons. The molecule has 4 rings (SSSR count). The third-order valence-electron chi connectivity index (χ3n) is 4.50. The third kappa shape index (κ3) is 4.78. The lowest BCUT2D eigenvalue weighted by molar-refractivity contribution is -0.384. The summed E-state index contributed by atoms with van der Waals surface area (Å²) in [6.45, 7) is 0.259. The molecule has 0 aliphatic carbocycles. The number of nitro benzene ring substituents is 1. The number of hydrogen-bond donors (Lipinski definition) is 2. The second kappa shape index (κ2) is 8.95. The number of H-pyrrole nitrogens is 1. The summed E-state index contributed by atoms with van der Waals surface area (Å²) in [7, 11) is 1.56. The van der Waals surface area contributed by atoms with Crippen LogP contribution in [0.1, 0.15) is 11.1 Å². The van der Waals surface area contributed by atoms with Gasteiger partial charge in [-0.3, -0.25) is 10.1 Å². The average molecular weight is 417 g/mol. The number of methoxy groups -OCH3 is 1. The van der Waals surface area contributed by atoms with Crippen LogP contribution in [0, 0.1) is 10.1 Å². The first-order chi connectivity index (χ1) is 15.1. The molecule has 31 heavy (non-hydrogen) atoms. The van der Waals surface area contributed by atoms with Crippen LogP contribution in [0.2, 0.25) is 0 Å². The van der Waals surface area contributed by atoms with Crippen molar-refractivity contribution in [3.05, 3.63) is 88.0 Å². The Kier molecular flexibility index (Phi) is 5.75. The van der Waals surface area contributed by atoms with Gasteiger partial charge >= 0.3 is 0 Å². The smallest absolute Gasteiger partial charge is 0.269 e. The van der Waals surface area contributed by atoms with Gasteiger partial charge in [-0.1, -0.05) is 12.1 Å². The Bertz CT molecular complexity index is 1200. The van der Waals surface area contributed by atoms with Gasteiger partial charge in [-0.25, -0.2) is 10.4 Å². The van der Waals surface area contributed by atoms with E-state index in [0.29, 0.717) is 17.4 Å². The number of para-hydroxylation sites is 2. The van der Waals surface area contributed by atoms with Crippen molar-refractivity contribution in [3.8, 4) is 11.5 Å². The Morgan fingerprint density at radius 2 is 1.94 bits per heavy atom. The fraction of sp³-hybridized carbons (Fsp3) is 0.0909. The van der Waals surface area contributed by atoms with E-state index < -0.39 is 4.92 Å². The fourth-order valence-corrected chi connectivity index (χ4v) is 2.93. The van der Waals surface area contributed by atoms with Gasteiger partial charge in [-0.2, -0.15) is 5.10 Å². The minimum absolute atomic E-state index is 0.0428. The molecule has 9 nitrogen and oxygen atoms in total. The first-order valence-corrected chi connectivity index (χ1v) is 9.40. The predicted molar refractivity (Wildman–Crippen MR) is 118 cm³/mol. The molecule has 1 aromatic heterocycles. The van der Waals surface area contributed by atoms with E-state index in [0.717, 1.165) is 22.2 Å². The van der Waals surface area contributed by atoms with Gasteiger partial charge in [0.25, 0.3) is 5.69 Å². The number of nitrogens with one attached hydrogen (secondary N) is 2. The number of hydrogen-bond acceptors (Lipinski definition) is 7. The summed E-state index contributed by atoms with van der Waals surface area (Å²) >= 11 is 0. The molecule has 0 amide bonds. The number of benzene rings is 3. The Hall–Kier alpha value is -4.40. The predicted octanol–water partition coefficient (Wildman–Crippen LogP) is 4.50. The average Bonchev–Trinajstić information content (AvgIpc) is 3.21. The van der Waals surface area contributed by atoms with Crippen molar-refractivity contribution in [1.29, 1.82) is 0 Å². The number of hydrazone groups is 1. The Labute approximate surface area is 177 Å². The van der Waals surface area contributed by atoms with Crippen molar-refractivity contribution in [3.63, 3.8) is 0 Å². The number of anilines is 1. The number of aromatic nitrogens is 2. The molecule has 9 heteroatoms. The maximum absolute atomic E-state index is 10.7. The summed E-state index contributed by atoms with van der Waals surface area (Å²) in [4.78, 5) is 17.8. The molecular weight excluding hydrogens is 398 g/mol. The van der Waals surface area contributed by atoms with E-state index in [1.165, 1.54) is 12.1 Å². The van der Waals surface area contributed by atoms with Gasteiger partial charge in [0.2, 0.25) is 5.95 Å². The number of nitro groups is 1. The van der Waals surface area contributed by atoms with Crippen molar-refractivity contribution < 1.29 is 14.4 Å². The van der Waals surface area contributed by atoms with Crippen molar-refractivity contribution in [2.24, 2.45) is 5.10 Å². The molecule has 3 aromatic carbocycles. The number of nitrogens with zero attached hydrogens (tertiary/aromatic N) is 3. The number of non-ortho nitro benzene ring substituents is 1. The van der Waals surface area contributed by atoms with E-state index in [9.17, 15) is 10.1 Å². The second-order valence-corrected chi connectivity index (χ2v) is 6.60. The Morgan fingerprint density at radius 1 is 1.13 bits per heavy atom. The zero-order chi connectivity index (χ0) is 21.6. The van der Waals surface area contributed by atoms with Gasteiger partial charge in [-0.05, 0) is 53.6 Å². The molecule has 0 fully saturated rings. The summed E-state index contributed by atoms with van der Waals surface area (Å²) in [5, 5.41) is 14.9. The van der Waals surface area contributed by atoms with Crippen LogP contribution in [0.3, 0.4) is 0 Å². The van der Waals surface area contributed by atoms with Crippen LogP contribution < -0.4 is 14.9 Å². The van der Waals surface area contributed by atoms with Crippen molar-refractivity contribution in [2.45, 2.75) is 6.61 Å². The second-order valence-electron chi connectivity index (χ2n) is 6.60. The maximum Gasteiger partial charge on any atom is 0.269 e. The van der Waals surface area contributed by atoms with Crippen LogP contribution in [0.5, 0.6) is 11.5 Å². The Morgan fingerprint density at radius 3 is 2.68 bits per heavy atom. The molecule has 0 spiro atoms. The van der Waals surface area contributed by atoms with Crippen molar-refractivity contribution >= 4 is 28.9 Å². The molecule has 0 saturated carbocycles. The first kappa shape index (κ1) is 19.9. The molecule has 0 bridgehead atoms. The zero-order valence-corrected chi connectivity index (χ0v) is 16.6. The largest absolute Gasteiger partial charge is 0.493 e. The molecule has 0 aliphatic rings. The molecule has 0 unspecified atom stereocenters. The highest BCUT2D eigenvalue weighted by Gasteiger charge is 2.08. The highest BCUT2D eigenvalue weighted by Crippen LogP contribution is 2.28. The molecule has 0 atom stereocenters. The van der Waals surface area contributed by atoms with Gasteiger partial charge in [0.05, 0.1) is 29.3 Å². The van der Waals surface area contributed by atoms with E-state index in [-0.39, 0.29) is 12.3 Å². The molecule has 0 saturated heterocycles. The standard InChI is InChI=1S/C22H19N5O4/c1-30-21-12-16(13-23-26-22-24-18-4-2-3-5-19(18)25-22)8-11-20(21)31-14-15-6-9-17(10-7-15)27(28)29/h2-13H,14H2,1H3,(H2,24,25,26)/b23-13+. The van der Waals surface area contributed by atoms with Crippen LogP contribution >= 0.6 is 0 Å². The van der Waals surface area contributed by atoms with E-state index in [1.54, 1.807) is 37.6 Å². The van der Waals surface area contributed by atoms with Crippen LogP contribution in [0.15, 0.2) is 71.8 Å². The maximum atomic E-state index is 10.7. The van der Waals surface area contributed by atoms with E-state index >= 15 is 0 Å². The zero-order valence-electron chi connectivity index (χ0n) is 16.6. The molecule has 1 heterocycles. The minimum atomic E-state index is -0.434. The summed E-state index contributed by atoms with van der Waals surface area (Å²) in [5.74, 6) is 1.66. The minimum Gasteiger partial charge on any atom is -0.493 e. The van der Waals surface area contributed by atoms with Gasteiger partial charge in [0.1, 0.15) is 6.61 Å². The molecule has 0 aliphatic heterocycles. The highest BCUT2D eigenvalue weighted by atomic mass is 16.6. The van der Waals surface area contributed by atoms with Crippen LogP contribution in [0.25, 0.3) is 11.0 Å². The van der Waals surface area contributed by atoms with Crippen molar-refractivity contribution in [2.75, 3.05) is 12.5 Å². The summed E-state index contributed by atoms with van der Waals surface area (Å²) < 4.78 is 11.2. The fourth-order valence-electron chi connectivity index (χ4n) is 2.93. The Balaban J connectivity index is 1.39. The van der Waals surface area contributed by atoms with Gasteiger partial charge in [0, 0.05) is 12.1 Å². The summed E-state index contributed by atoms with van der Waals surface area (Å²) in [5.41, 5.74) is 6.33. The van der Waals surface area contributed by atoms with E-state index in [2.05, 4.69) is 20.5 Å². The lowest BCUT2D eigenvalue weighted by atomic mass is 10.2. The topological polar surface area (TPSA) is 115 Å². The van der Waals surface area contributed by atoms with E-state index in [1.807, 2.05) is 30.3 Å². The number of fused-ring (bicyclic) bond motifs is 1. The van der Waals surface area contributed by atoms with E-state index in [4.69, 9.17) is 9.47 Å². The molecule has 0 radical (unpaired) electrons. The van der Waals surface area contributed by atoms with Crippen LogP contribution in [-0.4, -0.2) is 28.2 Å². The first-order valence-electron chi connectivity index (χ1n) is 9.40. The quantitative estimate of drug-likeness (QED) is 0.248. The third-order valence-corrected chi connectivity index (χ3v) is 4.50. The van der Waals surface area contributed by atoms with Gasteiger partial charge in [0.15, 0.2) is 11.5 Å². The lowest BCUT2D eigenvalue weighted by Gasteiger charge is -2.11. The van der Waals surface area contributed by atoms with Crippen LogP contribution in [-0.2, 0) is 6.61 Å². The monoisotopic (exact) mass is 417 g/mol. The molecule has 4 aromatic rings. The summed E-state index contributed by atoms with van der Waals surface area (Å²) in [6.07, 6.45) is 1.65. The SMILES string of the molecule is COc1cc(/C=N/Nc2nc3ccccc3[nH]2)ccc1OCc1ccc([N+](=O)[O-])cc1. The van der Waals surface area contributed by atoms with Crippen molar-refractivity contribution in [1.82, 2.24) is 9.97 Å². The normalized spacial score (nSPS) is 11.0. The van der Waals surface area contributed by atoms with Crippen LogP contribution in [0.4, 0.5) is 11.6 Å². The number of aromatic amines is 1. The molecule has 2 N–H and O–H groups in total. The number of imidazole rings is 1. The van der Waals surface area contributed by atoms with Gasteiger partial charge in [-0.15, -0.1) is 0 Å². The number of rotatable bonds is 8. The number of ether oxygens (including phenoxy) is 2.